The third kappa shape index (κ3) is 16.0. The van der Waals surface area contributed by atoms with Crippen LogP contribution in [-0.4, -0.2) is 74.8 Å². The first-order valence-electron chi connectivity index (χ1n) is 29.6. The maximum atomic E-state index is 12.1. The highest BCUT2D eigenvalue weighted by Crippen LogP contribution is 2.33. The molecule has 10 aromatic carbocycles. The maximum Gasteiger partial charge on any atom is 0.261 e. The van der Waals surface area contributed by atoms with Gasteiger partial charge in [0.05, 0.1) is 33.0 Å². The van der Waals surface area contributed by atoms with Gasteiger partial charge in [-0.1, -0.05) is 245 Å². The number of carbonyl (C=O) groups excluding carboxylic acids is 6. The van der Waals surface area contributed by atoms with Crippen molar-refractivity contribution in [2.24, 2.45) is 4.99 Å². The first-order chi connectivity index (χ1) is 43.9. The maximum absolute atomic E-state index is 12.1. The van der Waals surface area contributed by atoms with E-state index in [9.17, 15) is 28.8 Å². The van der Waals surface area contributed by atoms with Gasteiger partial charge < -0.3 is 0 Å². The molecule has 14 rings (SSSR count). The average Bonchev–Trinajstić information content (AvgIpc) is 0.933. The highest BCUT2D eigenvalue weighted by Gasteiger charge is 2.35. The molecule has 10 aromatic rings. The molecular weight excluding hydrogens is 1130 g/mol. The van der Waals surface area contributed by atoms with Gasteiger partial charge in [-0.25, -0.2) is 4.99 Å². The van der Waals surface area contributed by atoms with Gasteiger partial charge in [0.1, 0.15) is 0 Å². The molecule has 0 saturated heterocycles. The van der Waals surface area contributed by atoms with Crippen molar-refractivity contribution in [2.45, 2.75) is 32.9 Å². The summed E-state index contributed by atoms with van der Waals surface area (Å²) in [7, 11) is 0. The summed E-state index contributed by atoms with van der Waals surface area (Å²) in [6.07, 6.45) is 8.35. The van der Waals surface area contributed by atoms with Gasteiger partial charge in [0.15, 0.2) is 0 Å². The van der Waals surface area contributed by atoms with E-state index < -0.39 is 0 Å². The number of para-hydroxylation sites is 1. The lowest BCUT2D eigenvalue weighted by molar-refractivity contribution is 0.0612. The summed E-state index contributed by atoms with van der Waals surface area (Å²) in [6.45, 7) is 21.3. The Kier molecular flexibility index (Phi) is 23.3. The SMILES string of the molecule is C=Cc1ccc(CSC2=Nc3ccccc3C2)cc1.C=Cc1ccccc1.C=Cc1ccccc1.C=Cc1ccccc1.CCN1C(=O)c2cc3ccccc3cc2C1=O.CCN1C(=O)c2cccc3cccc(c23)C1=O.CCN1C(=O)c2ccccc2C1=O. The normalized spacial score (nSPS) is 12.7. The molecule has 0 fully saturated rings. The molecule has 0 unspecified atom stereocenters. The van der Waals surface area contributed by atoms with Gasteiger partial charge in [0, 0.05) is 48.3 Å². The van der Waals surface area contributed by atoms with E-state index in [2.05, 4.69) is 73.8 Å². The van der Waals surface area contributed by atoms with Crippen LogP contribution in [0.4, 0.5) is 5.69 Å². The molecule has 4 aliphatic rings. The van der Waals surface area contributed by atoms with Crippen molar-refractivity contribution in [1.29, 1.82) is 0 Å². The number of amides is 6. The van der Waals surface area contributed by atoms with E-state index in [1.165, 1.54) is 53.1 Å². The Labute approximate surface area is 531 Å². The number of hydrogen-bond donors (Lipinski definition) is 0. The Morgan fingerprint density at radius 2 is 0.700 bits per heavy atom. The number of imide groups is 3. The number of benzene rings is 10. The number of fused-ring (bicyclic) bond motifs is 4. The van der Waals surface area contributed by atoms with Crippen LogP contribution in [0, 0.1) is 0 Å². The van der Waals surface area contributed by atoms with Crippen molar-refractivity contribution in [3.8, 4) is 0 Å². The van der Waals surface area contributed by atoms with E-state index in [1.54, 1.807) is 62.4 Å². The fourth-order valence-electron chi connectivity index (χ4n) is 10.0. The van der Waals surface area contributed by atoms with E-state index in [-0.39, 0.29) is 35.4 Å². The Hall–Kier alpha value is -10.9. The van der Waals surface area contributed by atoms with Crippen molar-refractivity contribution in [1.82, 2.24) is 14.7 Å². The van der Waals surface area contributed by atoms with E-state index in [1.807, 2.05) is 189 Å². The first kappa shape index (κ1) is 65.1. The molecular formula is C79H70N4O6S. The minimum absolute atomic E-state index is 0.178. The topological polar surface area (TPSA) is 124 Å². The quantitative estimate of drug-likeness (QED) is 0.132. The fourth-order valence-corrected chi connectivity index (χ4v) is 11.0. The largest absolute Gasteiger partial charge is 0.275 e. The molecule has 448 valence electrons. The van der Waals surface area contributed by atoms with Gasteiger partial charge in [-0.15, -0.1) is 11.8 Å². The molecule has 90 heavy (non-hydrogen) atoms. The summed E-state index contributed by atoms with van der Waals surface area (Å²) in [5.41, 5.74) is 11.8. The lowest BCUT2D eigenvalue weighted by Gasteiger charge is -2.25. The van der Waals surface area contributed by atoms with Crippen LogP contribution in [0.25, 0.3) is 45.8 Å². The molecule has 4 heterocycles. The number of aliphatic imine (C=N–C) groups is 1. The predicted octanol–water partition coefficient (Wildman–Crippen LogP) is 18.1. The van der Waals surface area contributed by atoms with E-state index in [0.29, 0.717) is 53.0 Å². The zero-order valence-electron chi connectivity index (χ0n) is 50.8. The third-order valence-electron chi connectivity index (χ3n) is 14.8. The van der Waals surface area contributed by atoms with Gasteiger partial charge in [-0.05, 0) is 113 Å². The third-order valence-corrected chi connectivity index (χ3v) is 15.9. The van der Waals surface area contributed by atoms with Gasteiger partial charge >= 0.3 is 0 Å². The summed E-state index contributed by atoms with van der Waals surface area (Å²) in [5, 5.41) is 4.93. The Balaban J connectivity index is 0.000000139. The summed E-state index contributed by atoms with van der Waals surface area (Å²) < 4.78 is 0. The van der Waals surface area contributed by atoms with Crippen molar-refractivity contribution >= 4 is 104 Å². The molecule has 10 nitrogen and oxygen atoms in total. The smallest absolute Gasteiger partial charge is 0.261 e. The van der Waals surface area contributed by atoms with Crippen molar-refractivity contribution in [3.63, 3.8) is 0 Å². The van der Waals surface area contributed by atoms with Crippen LogP contribution >= 0.6 is 11.8 Å². The standard InChI is InChI=1S/C17H15NS.2C14H11NO2.C10H9NO2.3C8H8/c1-2-13-7-9-14(10-8-13)12-19-17-11-15-5-3-4-6-16(15)18-17;1-2-15-13(16)10-7-3-5-9-6-4-8-11(12(9)10)14(15)17;1-2-15-13(16)11-7-9-5-3-4-6-10(9)8-12(11)14(15)17;1-2-11-9(12)7-5-3-4-6-8(7)10(11)13;3*1-2-8-6-4-3-5-7-8/h2-10H,1,11-12H2;2*3-8H,2H2,1H3;3-6H,2H2,1H3;3*2-7H,1H2. The molecule has 0 atom stereocenters. The fraction of sp³-hybridized carbons (Fsp3) is 0.101. The van der Waals surface area contributed by atoms with Crippen LogP contribution in [0.3, 0.4) is 0 Å². The zero-order chi connectivity index (χ0) is 63.9. The minimum atomic E-state index is -0.193. The summed E-state index contributed by atoms with van der Waals surface area (Å²) >= 11 is 1.83. The number of thioether (sulfide) groups is 1. The predicted molar refractivity (Wildman–Crippen MR) is 372 cm³/mol. The first-order valence-corrected chi connectivity index (χ1v) is 30.6. The molecule has 11 heteroatoms. The number of carbonyl (C=O) groups is 6. The molecule has 0 bridgehead atoms. The van der Waals surface area contributed by atoms with E-state index >= 15 is 0 Å². The molecule has 0 spiro atoms. The van der Waals surface area contributed by atoms with Crippen LogP contribution in [0.15, 0.2) is 268 Å². The highest BCUT2D eigenvalue weighted by molar-refractivity contribution is 8.13. The Bertz CT molecular complexity index is 4030. The highest BCUT2D eigenvalue weighted by atomic mass is 32.2. The molecule has 0 aliphatic carbocycles. The monoisotopic (exact) mass is 1200 g/mol. The van der Waals surface area contributed by atoms with Gasteiger partial charge in [-0.2, -0.15) is 0 Å². The van der Waals surface area contributed by atoms with Crippen LogP contribution in [0.5, 0.6) is 0 Å². The van der Waals surface area contributed by atoms with Crippen LogP contribution in [0.1, 0.15) is 116 Å². The van der Waals surface area contributed by atoms with Gasteiger partial charge in [0.2, 0.25) is 0 Å². The second kappa shape index (κ2) is 32.2. The van der Waals surface area contributed by atoms with Crippen molar-refractivity contribution < 1.29 is 28.8 Å². The van der Waals surface area contributed by atoms with E-state index in [0.717, 1.165) is 39.4 Å². The lowest BCUT2D eigenvalue weighted by atomic mass is 9.94. The number of hydrogen-bond acceptors (Lipinski definition) is 8. The summed E-state index contributed by atoms with van der Waals surface area (Å²) in [6, 6.07) is 76.3. The number of rotatable bonds is 9. The molecule has 0 saturated carbocycles. The van der Waals surface area contributed by atoms with Crippen LogP contribution < -0.4 is 0 Å². The second-order valence-electron chi connectivity index (χ2n) is 20.5. The molecule has 0 radical (unpaired) electrons. The molecule has 4 aliphatic heterocycles. The molecule has 0 N–H and O–H groups in total. The van der Waals surface area contributed by atoms with Crippen molar-refractivity contribution in [2.75, 3.05) is 19.6 Å². The Morgan fingerprint density at radius 3 is 1.09 bits per heavy atom. The van der Waals surface area contributed by atoms with Gasteiger partial charge in [-0.3, -0.25) is 43.5 Å². The lowest BCUT2D eigenvalue weighted by Crippen LogP contribution is -2.39. The Morgan fingerprint density at radius 1 is 0.367 bits per heavy atom. The van der Waals surface area contributed by atoms with E-state index in [4.69, 9.17) is 0 Å². The molecule has 0 aromatic heterocycles. The number of nitrogens with zero attached hydrogens (tertiary/aromatic N) is 4. The second-order valence-corrected chi connectivity index (χ2v) is 21.5. The minimum Gasteiger partial charge on any atom is -0.275 e. The van der Waals surface area contributed by atoms with Crippen LogP contribution in [0.2, 0.25) is 0 Å². The van der Waals surface area contributed by atoms with Crippen molar-refractivity contribution in [3.05, 3.63) is 330 Å². The van der Waals surface area contributed by atoms with Gasteiger partial charge in [0.25, 0.3) is 35.4 Å². The molecule has 6 amide bonds. The summed E-state index contributed by atoms with van der Waals surface area (Å²) in [4.78, 5) is 79.8. The summed E-state index contributed by atoms with van der Waals surface area (Å²) in [5.74, 6) is -0.129. The van der Waals surface area contributed by atoms with Crippen LogP contribution in [-0.2, 0) is 12.2 Å². The average molecular weight is 1200 g/mol. The zero-order valence-corrected chi connectivity index (χ0v) is 51.7.